The molecule has 142 valence electrons. The standard InChI is InChI=1S/C20H23F2N5/c1-3-20(2)8-10-27(11-9-20)15-12-23-17-16(25-26-19(17)24-15)13-4-6-14(7-5-13)18(21)22/h4-7,12,18H,3,8-11H2,1-2H3,(H,24,25,26). The second-order valence-electron chi connectivity index (χ2n) is 7.57. The zero-order valence-corrected chi connectivity index (χ0v) is 15.5. The number of hydrogen-bond donors (Lipinski definition) is 1. The molecular formula is C20H23F2N5. The minimum Gasteiger partial charge on any atom is -0.355 e. The number of halogens is 2. The van der Waals surface area contributed by atoms with Crippen molar-refractivity contribution in [2.45, 2.75) is 39.5 Å². The van der Waals surface area contributed by atoms with Gasteiger partial charge >= 0.3 is 0 Å². The van der Waals surface area contributed by atoms with E-state index in [1.165, 1.54) is 18.6 Å². The van der Waals surface area contributed by atoms with Gasteiger partial charge in [0.2, 0.25) is 5.65 Å². The van der Waals surface area contributed by atoms with Crippen LogP contribution in [0.5, 0.6) is 0 Å². The van der Waals surface area contributed by atoms with Crippen molar-refractivity contribution < 1.29 is 8.78 Å². The van der Waals surface area contributed by atoms with E-state index in [2.05, 4.69) is 38.9 Å². The molecule has 1 aromatic carbocycles. The molecule has 0 spiro atoms. The van der Waals surface area contributed by atoms with Crippen molar-refractivity contribution in [2.24, 2.45) is 5.41 Å². The van der Waals surface area contributed by atoms with Crippen molar-refractivity contribution in [2.75, 3.05) is 18.0 Å². The van der Waals surface area contributed by atoms with E-state index in [9.17, 15) is 8.78 Å². The molecule has 7 heteroatoms. The Morgan fingerprint density at radius 2 is 1.89 bits per heavy atom. The molecule has 0 unspecified atom stereocenters. The topological polar surface area (TPSA) is 57.7 Å². The highest BCUT2D eigenvalue weighted by Gasteiger charge is 2.29. The Morgan fingerprint density at radius 1 is 1.19 bits per heavy atom. The van der Waals surface area contributed by atoms with Gasteiger partial charge in [-0.3, -0.25) is 5.10 Å². The molecule has 3 heterocycles. The molecule has 0 bridgehead atoms. The van der Waals surface area contributed by atoms with Crippen LogP contribution in [0.15, 0.2) is 30.5 Å². The van der Waals surface area contributed by atoms with Gasteiger partial charge in [-0.15, -0.1) is 0 Å². The maximum Gasteiger partial charge on any atom is 0.263 e. The Bertz CT molecular complexity index is 927. The van der Waals surface area contributed by atoms with Gasteiger partial charge in [-0.05, 0) is 18.3 Å². The van der Waals surface area contributed by atoms with E-state index >= 15 is 0 Å². The molecule has 0 amide bonds. The van der Waals surface area contributed by atoms with Gasteiger partial charge in [0.25, 0.3) is 6.43 Å². The number of anilines is 1. The number of rotatable bonds is 4. The number of nitrogens with zero attached hydrogens (tertiary/aromatic N) is 4. The lowest BCUT2D eigenvalue weighted by Crippen LogP contribution is -2.38. The molecule has 0 atom stereocenters. The number of hydrogen-bond acceptors (Lipinski definition) is 4. The fourth-order valence-corrected chi connectivity index (χ4v) is 3.56. The predicted molar refractivity (Wildman–Crippen MR) is 102 cm³/mol. The minimum atomic E-state index is -2.47. The Balaban J connectivity index is 1.59. The smallest absolute Gasteiger partial charge is 0.263 e. The molecule has 0 aliphatic carbocycles. The lowest BCUT2D eigenvalue weighted by Gasteiger charge is -2.39. The Kier molecular flexibility index (Phi) is 4.53. The molecule has 5 nitrogen and oxygen atoms in total. The van der Waals surface area contributed by atoms with Gasteiger partial charge < -0.3 is 4.90 Å². The third-order valence-electron chi connectivity index (χ3n) is 5.85. The predicted octanol–water partition coefficient (Wildman–Crippen LogP) is 4.97. The van der Waals surface area contributed by atoms with Crippen LogP contribution in [0, 0.1) is 5.41 Å². The number of nitrogens with one attached hydrogen (secondary N) is 1. The number of alkyl halides is 2. The van der Waals surface area contributed by atoms with Crippen molar-refractivity contribution in [3.8, 4) is 11.3 Å². The van der Waals surface area contributed by atoms with Crippen LogP contribution in [-0.2, 0) is 0 Å². The summed E-state index contributed by atoms with van der Waals surface area (Å²) in [6, 6.07) is 6.15. The molecule has 0 radical (unpaired) electrons. The van der Waals surface area contributed by atoms with E-state index in [0.29, 0.717) is 22.3 Å². The third-order valence-corrected chi connectivity index (χ3v) is 5.85. The van der Waals surface area contributed by atoms with Crippen molar-refractivity contribution in [3.05, 3.63) is 36.0 Å². The second kappa shape index (κ2) is 6.87. The molecule has 1 aliphatic rings. The van der Waals surface area contributed by atoms with E-state index in [-0.39, 0.29) is 5.56 Å². The molecule has 2 aromatic heterocycles. The fourth-order valence-electron chi connectivity index (χ4n) is 3.56. The first kappa shape index (κ1) is 17.8. The van der Waals surface area contributed by atoms with Gasteiger partial charge in [-0.2, -0.15) is 5.10 Å². The van der Waals surface area contributed by atoms with Crippen LogP contribution in [0.2, 0.25) is 0 Å². The summed E-state index contributed by atoms with van der Waals surface area (Å²) in [6.45, 7) is 6.53. The lowest BCUT2D eigenvalue weighted by molar-refractivity contribution is 0.151. The average Bonchev–Trinajstić information content (AvgIpc) is 3.12. The van der Waals surface area contributed by atoms with E-state index in [4.69, 9.17) is 0 Å². The largest absolute Gasteiger partial charge is 0.355 e. The van der Waals surface area contributed by atoms with E-state index in [0.717, 1.165) is 37.3 Å². The highest BCUT2D eigenvalue weighted by molar-refractivity contribution is 5.87. The highest BCUT2D eigenvalue weighted by atomic mass is 19.3. The number of benzene rings is 1. The number of fused-ring (bicyclic) bond motifs is 1. The Hall–Kier alpha value is -2.57. The number of aromatic amines is 1. The van der Waals surface area contributed by atoms with Crippen molar-refractivity contribution in [1.29, 1.82) is 0 Å². The van der Waals surface area contributed by atoms with E-state index in [1.807, 2.05) is 0 Å². The first-order chi connectivity index (χ1) is 13.0. The highest BCUT2D eigenvalue weighted by Crippen LogP contribution is 2.35. The SMILES string of the molecule is CCC1(C)CCN(c2cnc3c(-c4ccc(C(F)F)cc4)[nH]nc3n2)CC1. The van der Waals surface area contributed by atoms with Gasteiger partial charge in [0.1, 0.15) is 11.3 Å². The first-order valence-corrected chi connectivity index (χ1v) is 9.34. The maximum absolute atomic E-state index is 12.7. The van der Waals surface area contributed by atoms with Crippen LogP contribution in [0.25, 0.3) is 22.4 Å². The molecule has 1 fully saturated rings. The van der Waals surface area contributed by atoms with Crippen LogP contribution in [0.4, 0.5) is 14.6 Å². The van der Waals surface area contributed by atoms with Crippen LogP contribution >= 0.6 is 0 Å². The van der Waals surface area contributed by atoms with Crippen LogP contribution in [-0.4, -0.2) is 33.3 Å². The summed E-state index contributed by atoms with van der Waals surface area (Å²) in [7, 11) is 0. The second-order valence-corrected chi connectivity index (χ2v) is 7.57. The molecule has 0 saturated carbocycles. The Labute approximate surface area is 156 Å². The quantitative estimate of drug-likeness (QED) is 0.703. The van der Waals surface area contributed by atoms with Gasteiger partial charge in [0.15, 0.2) is 0 Å². The summed E-state index contributed by atoms with van der Waals surface area (Å²) in [4.78, 5) is 11.5. The monoisotopic (exact) mass is 371 g/mol. The zero-order valence-electron chi connectivity index (χ0n) is 15.5. The van der Waals surface area contributed by atoms with Crippen molar-refractivity contribution in [1.82, 2.24) is 20.2 Å². The fraction of sp³-hybridized carbons (Fsp3) is 0.450. The Morgan fingerprint density at radius 3 is 2.52 bits per heavy atom. The first-order valence-electron chi connectivity index (χ1n) is 9.34. The van der Waals surface area contributed by atoms with Crippen LogP contribution in [0.1, 0.15) is 45.1 Å². The van der Waals surface area contributed by atoms with Gasteiger partial charge in [0.05, 0.1) is 11.9 Å². The van der Waals surface area contributed by atoms with Gasteiger partial charge in [-0.25, -0.2) is 18.7 Å². The zero-order chi connectivity index (χ0) is 19.0. The van der Waals surface area contributed by atoms with Gasteiger partial charge in [-0.1, -0.05) is 44.5 Å². The molecule has 3 aromatic rings. The summed E-state index contributed by atoms with van der Waals surface area (Å²) in [5.41, 5.74) is 3.07. The van der Waals surface area contributed by atoms with Crippen molar-refractivity contribution >= 4 is 17.0 Å². The minimum absolute atomic E-state index is 0.000110. The van der Waals surface area contributed by atoms with Gasteiger partial charge in [0, 0.05) is 24.2 Å². The normalized spacial score (nSPS) is 17.0. The maximum atomic E-state index is 12.7. The summed E-state index contributed by atoms with van der Waals surface area (Å²) >= 11 is 0. The molecule has 1 aliphatic heterocycles. The lowest BCUT2D eigenvalue weighted by atomic mass is 9.78. The van der Waals surface area contributed by atoms with Crippen LogP contribution < -0.4 is 4.90 Å². The molecular weight excluding hydrogens is 348 g/mol. The number of piperidine rings is 1. The van der Waals surface area contributed by atoms with E-state index < -0.39 is 6.43 Å². The van der Waals surface area contributed by atoms with Crippen molar-refractivity contribution in [3.63, 3.8) is 0 Å². The molecule has 1 saturated heterocycles. The summed E-state index contributed by atoms with van der Waals surface area (Å²) in [6.07, 6.45) is 2.79. The molecule has 4 rings (SSSR count). The third kappa shape index (κ3) is 3.38. The van der Waals surface area contributed by atoms with E-state index in [1.54, 1.807) is 18.3 Å². The summed E-state index contributed by atoms with van der Waals surface area (Å²) < 4.78 is 25.5. The van der Waals surface area contributed by atoms with Crippen LogP contribution in [0.3, 0.4) is 0 Å². The number of aromatic nitrogens is 4. The average molecular weight is 371 g/mol. The number of H-pyrrole nitrogens is 1. The molecule has 27 heavy (non-hydrogen) atoms. The summed E-state index contributed by atoms with van der Waals surface area (Å²) in [5, 5.41) is 7.23. The molecule has 1 N–H and O–H groups in total. The summed E-state index contributed by atoms with van der Waals surface area (Å²) in [5.74, 6) is 0.840.